The summed E-state index contributed by atoms with van der Waals surface area (Å²) in [5, 5.41) is 3.13. The van der Waals surface area contributed by atoms with Gasteiger partial charge in [-0.25, -0.2) is 9.59 Å². The van der Waals surface area contributed by atoms with Crippen LogP contribution in [-0.2, 0) is 15.9 Å². The number of carbonyl (C=O) groups excluding carboxylic acids is 2. The summed E-state index contributed by atoms with van der Waals surface area (Å²) in [5.74, 6) is 0. The number of nitrogens with one attached hydrogen (secondary N) is 1. The van der Waals surface area contributed by atoms with Gasteiger partial charge in [-0.15, -0.1) is 0 Å². The van der Waals surface area contributed by atoms with Crippen LogP contribution in [-0.4, -0.2) is 65.4 Å². The minimum atomic E-state index is -0.572. The SMILES string of the molecule is CC(C)(C)OC(=O)N1CCc2cc(Br)ccc2C(NC(=O)N2CC(OC(C)(C)C)C2)C1. The van der Waals surface area contributed by atoms with E-state index in [4.69, 9.17) is 9.47 Å². The van der Waals surface area contributed by atoms with Crippen LogP contribution < -0.4 is 5.32 Å². The van der Waals surface area contributed by atoms with Crippen molar-refractivity contribution in [2.75, 3.05) is 26.2 Å². The van der Waals surface area contributed by atoms with E-state index >= 15 is 0 Å². The molecular formula is C23H34BrN3O4. The van der Waals surface area contributed by atoms with E-state index < -0.39 is 5.60 Å². The topological polar surface area (TPSA) is 71.1 Å². The maximum Gasteiger partial charge on any atom is 0.410 e. The predicted octanol–water partition coefficient (Wildman–Crippen LogP) is 4.49. The lowest BCUT2D eigenvalue weighted by atomic mass is 9.99. The first-order valence-corrected chi connectivity index (χ1v) is 11.6. The van der Waals surface area contributed by atoms with Gasteiger partial charge in [-0.3, -0.25) is 0 Å². The van der Waals surface area contributed by atoms with E-state index in [9.17, 15) is 9.59 Å². The molecule has 0 radical (unpaired) electrons. The van der Waals surface area contributed by atoms with E-state index in [0.29, 0.717) is 32.6 Å². The Kier molecular flexibility index (Phi) is 6.91. The second-order valence-corrected chi connectivity index (χ2v) is 11.2. The molecule has 8 heteroatoms. The molecule has 1 aromatic carbocycles. The molecule has 7 nitrogen and oxygen atoms in total. The number of carbonyl (C=O) groups is 2. The van der Waals surface area contributed by atoms with Crippen molar-refractivity contribution in [2.45, 2.75) is 71.3 Å². The molecule has 31 heavy (non-hydrogen) atoms. The highest BCUT2D eigenvalue weighted by molar-refractivity contribution is 9.10. The van der Waals surface area contributed by atoms with Crippen molar-refractivity contribution in [3.8, 4) is 0 Å². The number of likely N-dealkylation sites (tertiary alicyclic amines) is 1. The largest absolute Gasteiger partial charge is 0.444 e. The molecule has 1 atom stereocenters. The lowest BCUT2D eigenvalue weighted by Gasteiger charge is -2.42. The normalized spacial score (nSPS) is 19.9. The Hall–Kier alpha value is -1.80. The number of hydrogen-bond acceptors (Lipinski definition) is 4. The Balaban J connectivity index is 1.71. The summed E-state index contributed by atoms with van der Waals surface area (Å²) in [7, 11) is 0. The molecule has 0 spiro atoms. The number of nitrogens with zero attached hydrogens (tertiary/aromatic N) is 2. The summed E-state index contributed by atoms with van der Waals surface area (Å²) in [6.45, 7) is 13.7. The van der Waals surface area contributed by atoms with Crippen LogP contribution in [0.5, 0.6) is 0 Å². The van der Waals surface area contributed by atoms with Gasteiger partial charge in [0.1, 0.15) is 5.60 Å². The van der Waals surface area contributed by atoms with Crippen molar-refractivity contribution in [2.24, 2.45) is 0 Å². The number of ether oxygens (including phenoxy) is 2. The third-order valence-corrected chi connectivity index (χ3v) is 5.63. The smallest absolute Gasteiger partial charge is 0.410 e. The molecule has 1 fully saturated rings. The zero-order chi connectivity index (χ0) is 23.0. The first-order valence-electron chi connectivity index (χ1n) is 10.8. The van der Waals surface area contributed by atoms with E-state index in [0.717, 1.165) is 15.6 Å². The summed E-state index contributed by atoms with van der Waals surface area (Å²) >= 11 is 3.53. The number of amides is 3. The third-order valence-electron chi connectivity index (χ3n) is 5.14. The quantitative estimate of drug-likeness (QED) is 0.655. The van der Waals surface area contributed by atoms with Gasteiger partial charge in [-0.1, -0.05) is 22.0 Å². The summed E-state index contributed by atoms with van der Waals surface area (Å²) in [4.78, 5) is 29.1. The van der Waals surface area contributed by atoms with Gasteiger partial charge in [0.2, 0.25) is 0 Å². The Labute approximate surface area is 193 Å². The molecule has 2 heterocycles. The van der Waals surface area contributed by atoms with Gasteiger partial charge in [0.15, 0.2) is 0 Å². The fourth-order valence-electron chi connectivity index (χ4n) is 3.83. The second kappa shape index (κ2) is 8.98. The number of rotatable bonds is 2. The molecule has 0 aliphatic carbocycles. The van der Waals surface area contributed by atoms with Crippen molar-refractivity contribution in [1.29, 1.82) is 0 Å². The maximum absolute atomic E-state index is 12.9. The van der Waals surface area contributed by atoms with Crippen molar-refractivity contribution in [3.05, 3.63) is 33.8 Å². The predicted molar refractivity (Wildman–Crippen MR) is 123 cm³/mol. The monoisotopic (exact) mass is 495 g/mol. The van der Waals surface area contributed by atoms with Crippen LogP contribution in [0.3, 0.4) is 0 Å². The van der Waals surface area contributed by atoms with Crippen LogP contribution in [0.2, 0.25) is 0 Å². The average Bonchev–Trinajstić information content (AvgIpc) is 2.74. The van der Waals surface area contributed by atoms with Crippen LogP contribution in [0.1, 0.15) is 58.7 Å². The van der Waals surface area contributed by atoms with E-state index in [2.05, 4.69) is 27.3 Å². The molecule has 1 unspecified atom stereocenters. The number of fused-ring (bicyclic) bond motifs is 1. The zero-order valence-electron chi connectivity index (χ0n) is 19.3. The molecule has 0 saturated carbocycles. The number of benzene rings is 1. The second-order valence-electron chi connectivity index (χ2n) is 10.3. The van der Waals surface area contributed by atoms with E-state index in [-0.39, 0.29) is 29.9 Å². The molecule has 3 rings (SSSR count). The first kappa shape index (κ1) is 23.9. The van der Waals surface area contributed by atoms with Gasteiger partial charge < -0.3 is 24.6 Å². The van der Waals surface area contributed by atoms with Gasteiger partial charge in [-0.05, 0) is 71.2 Å². The Bertz CT molecular complexity index is 825. The van der Waals surface area contributed by atoms with Crippen LogP contribution in [0.15, 0.2) is 22.7 Å². The molecule has 172 valence electrons. The minimum absolute atomic E-state index is 0.0568. The first-order chi connectivity index (χ1) is 14.3. The van der Waals surface area contributed by atoms with Gasteiger partial charge in [-0.2, -0.15) is 0 Å². The van der Waals surface area contributed by atoms with Gasteiger partial charge >= 0.3 is 12.1 Å². The Morgan fingerprint density at radius 2 is 1.71 bits per heavy atom. The van der Waals surface area contributed by atoms with Crippen molar-refractivity contribution < 1.29 is 19.1 Å². The standard InChI is InChI=1S/C23H34BrN3O4/c1-22(2,3)30-17-12-27(13-17)20(28)25-19-14-26(21(29)31-23(4,5)6)10-9-15-11-16(24)7-8-18(15)19/h7-8,11,17,19H,9-10,12-14H2,1-6H3,(H,25,28). The van der Waals surface area contributed by atoms with E-state index in [1.165, 1.54) is 0 Å². The summed E-state index contributed by atoms with van der Waals surface area (Å²) in [5.41, 5.74) is 1.35. The number of urea groups is 1. The van der Waals surface area contributed by atoms with Crippen molar-refractivity contribution in [3.63, 3.8) is 0 Å². The molecule has 0 bridgehead atoms. The number of halogens is 1. The van der Waals surface area contributed by atoms with Crippen LogP contribution in [0.25, 0.3) is 0 Å². The van der Waals surface area contributed by atoms with Gasteiger partial charge in [0.05, 0.1) is 30.8 Å². The Morgan fingerprint density at radius 3 is 2.32 bits per heavy atom. The van der Waals surface area contributed by atoms with Crippen LogP contribution in [0.4, 0.5) is 9.59 Å². The van der Waals surface area contributed by atoms with Crippen molar-refractivity contribution in [1.82, 2.24) is 15.1 Å². The third kappa shape index (κ3) is 6.59. The fraction of sp³-hybridized carbons (Fsp3) is 0.652. The van der Waals surface area contributed by atoms with Crippen molar-refractivity contribution >= 4 is 28.1 Å². The Morgan fingerprint density at radius 1 is 1.03 bits per heavy atom. The van der Waals surface area contributed by atoms with E-state index in [1.807, 2.05) is 53.7 Å². The molecule has 2 aliphatic rings. The van der Waals surface area contributed by atoms with Crippen LogP contribution >= 0.6 is 15.9 Å². The van der Waals surface area contributed by atoms with Gasteiger partial charge in [0.25, 0.3) is 0 Å². The summed E-state index contributed by atoms with van der Waals surface area (Å²) < 4.78 is 12.5. The maximum atomic E-state index is 12.9. The summed E-state index contributed by atoms with van der Waals surface area (Å²) in [6, 6.07) is 5.60. The lowest BCUT2D eigenvalue weighted by molar-refractivity contribution is -0.111. The molecule has 1 N–H and O–H groups in total. The van der Waals surface area contributed by atoms with Gasteiger partial charge in [0, 0.05) is 17.6 Å². The highest BCUT2D eigenvalue weighted by Crippen LogP contribution is 2.28. The number of hydrogen-bond donors (Lipinski definition) is 1. The van der Waals surface area contributed by atoms with E-state index in [1.54, 1.807) is 9.80 Å². The lowest BCUT2D eigenvalue weighted by Crippen LogP contribution is -2.59. The highest BCUT2D eigenvalue weighted by atomic mass is 79.9. The molecule has 0 aromatic heterocycles. The highest BCUT2D eigenvalue weighted by Gasteiger charge is 2.36. The minimum Gasteiger partial charge on any atom is -0.444 e. The molecule has 3 amide bonds. The molecular weight excluding hydrogens is 462 g/mol. The molecule has 2 aliphatic heterocycles. The average molecular weight is 496 g/mol. The molecule has 1 saturated heterocycles. The zero-order valence-corrected chi connectivity index (χ0v) is 20.9. The fourth-order valence-corrected chi connectivity index (χ4v) is 4.24. The summed E-state index contributed by atoms with van der Waals surface area (Å²) in [6.07, 6.45) is 0.397. The van der Waals surface area contributed by atoms with Crippen LogP contribution in [0, 0.1) is 0 Å². The molecule has 1 aromatic rings.